The lowest BCUT2D eigenvalue weighted by molar-refractivity contribution is -0.388. The molecule has 1 amide bonds. The molecule has 1 saturated heterocycles. The molecule has 0 N–H and O–H groups in total. The van der Waals surface area contributed by atoms with Crippen LogP contribution >= 0.6 is 0 Å². The van der Waals surface area contributed by atoms with Crippen LogP contribution in [0.1, 0.15) is 18.4 Å². The normalized spacial score (nSPS) is 32.0. The van der Waals surface area contributed by atoms with Crippen LogP contribution in [0.3, 0.4) is 0 Å². The summed E-state index contributed by atoms with van der Waals surface area (Å²) in [5.41, 5.74) is -2.20. The van der Waals surface area contributed by atoms with Gasteiger partial charge in [-0.2, -0.15) is 13.2 Å². The van der Waals surface area contributed by atoms with Crippen molar-refractivity contribution in [2.24, 2.45) is 23.7 Å². The average molecular weight is 326 g/mol. The van der Waals surface area contributed by atoms with Gasteiger partial charge in [-0.25, -0.2) is 0 Å². The first-order valence-electron chi connectivity index (χ1n) is 7.44. The number of halogens is 3. The van der Waals surface area contributed by atoms with Gasteiger partial charge in [-0.3, -0.25) is 14.9 Å². The van der Waals surface area contributed by atoms with Crippen molar-refractivity contribution < 1.29 is 22.9 Å². The summed E-state index contributed by atoms with van der Waals surface area (Å²) in [4.78, 5) is 23.6. The van der Waals surface area contributed by atoms with Gasteiger partial charge in [0, 0.05) is 24.2 Å². The molecule has 1 aromatic rings. The van der Waals surface area contributed by atoms with Crippen LogP contribution in [-0.2, 0) is 11.0 Å². The van der Waals surface area contributed by atoms with Crippen LogP contribution in [0.5, 0.6) is 0 Å². The minimum absolute atomic E-state index is 0.0791. The summed E-state index contributed by atoms with van der Waals surface area (Å²) in [5, 5.41) is 10.8. The van der Waals surface area contributed by atoms with Crippen LogP contribution in [0.2, 0.25) is 0 Å². The fourth-order valence-electron chi connectivity index (χ4n) is 4.43. The Labute approximate surface area is 129 Å². The van der Waals surface area contributed by atoms with Crippen molar-refractivity contribution in [1.29, 1.82) is 0 Å². The lowest BCUT2D eigenvalue weighted by Crippen LogP contribution is -2.33. The van der Waals surface area contributed by atoms with Gasteiger partial charge in [-0.05, 0) is 42.7 Å². The number of hydrogen-bond acceptors (Lipinski definition) is 3. The molecule has 2 atom stereocenters. The SMILES string of the molecule is O=C1[C@H]2C3CC(C3)[C@H]2CN1c1ccc([N+](=O)[O-])c(C(F)(F)F)c1. The Morgan fingerprint density at radius 3 is 2.48 bits per heavy atom. The van der Waals surface area contributed by atoms with E-state index in [4.69, 9.17) is 0 Å². The molecule has 5 rings (SSSR count). The van der Waals surface area contributed by atoms with E-state index < -0.39 is 22.4 Å². The van der Waals surface area contributed by atoms with Crippen molar-refractivity contribution in [3.63, 3.8) is 0 Å². The summed E-state index contributed by atoms with van der Waals surface area (Å²) < 4.78 is 39.2. The lowest BCUT2D eigenvalue weighted by Gasteiger charge is -2.29. The Morgan fingerprint density at radius 1 is 1.22 bits per heavy atom. The number of carbonyl (C=O) groups is 1. The highest BCUT2D eigenvalue weighted by Crippen LogP contribution is 2.59. The van der Waals surface area contributed by atoms with Gasteiger partial charge in [0.25, 0.3) is 5.69 Å². The zero-order valence-corrected chi connectivity index (χ0v) is 11.9. The summed E-state index contributed by atoms with van der Waals surface area (Å²) in [6, 6.07) is 2.79. The van der Waals surface area contributed by atoms with Gasteiger partial charge < -0.3 is 4.90 Å². The summed E-state index contributed by atoms with van der Waals surface area (Å²) in [6.07, 6.45) is -2.74. The molecular formula is C15H13F3N2O3. The quantitative estimate of drug-likeness (QED) is 0.619. The van der Waals surface area contributed by atoms with E-state index in [-0.39, 0.29) is 23.4 Å². The minimum atomic E-state index is -4.83. The molecule has 2 bridgehead atoms. The molecule has 1 aliphatic heterocycles. The molecule has 23 heavy (non-hydrogen) atoms. The van der Waals surface area contributed by atoms with Crippen molar-refractivity contribution in [3.05, 3.63) is 33.9 Å². The van der Waals surface area contributed by atoms with Crippen molar-refractivity contribution in [2.45, 2.75) is 19.0 Å². The van der Waals surface area contributed by atoms with Crippen LogP contribution in [-0.4, -0.2) is 17.4 Å². The van der Waals surface area contributed by atoms with Crippen molar-refractivity contribution >= 4 is 17.3 Å². The molecule has 4 fully saturated rings. The lowest BCUT2D eigenvalue weighted by atomic mass is 9.81. The monoisotopic (exact) mass is 326 g/mol. The first-order valence-corrected chi connectivity index (χ1v) is 7.44. The Hall–Kier alpha value is -2.12. The van der Waals surface area contributed by atoms with E-state index in [0.29, 0.717) is 18.4 Å². The summed E-state index contributed by atoms with van der Waals surface area (Å²) in [6.45, 7) is 0.416. The largest absolute Gasteiger partial charge is 0.423 e. The number of rotatable bonds is 2. The summed E-state index contributed by atoms with van der Waals surface area (Å²) >= 11 is 0. The van der Waals surface area contributed by atoms with E-state index in [2.05, 4.69) is 0 Å². The molecule has 3 aliphatic carbocycles. The van der Waals surface area contributed by atoms with Crippen molar-refractivity contribution in [2.75, 3.05) is 11.4 Å². The van der Waals surface area contributed by atoms with E-state index in [1.807, 2.05) is 0 Å². The van der Waals surface area contributed by atoms with Crippen molar-refractivity contribution in [3.8, 4) is 0 Å². The first-order chi connectivity index (χ1) is 10.8. The van der Waals surface area contributed by atoms with Crippen LogP contribution in [0.4, 0.5) is 24.5 Å². The smallest absolute Gasteiger partial charge is 0.312 e. The highest BCUT2D eigenvalue weighted by molar-refractivity contribution is 5.98. The summed E-state index contributed by atoms with van der Waals surface area (Å²) in [5.74, 6) is 0.866. The molecule has 1 aromatic carbocycles. The maximum atomic E-state index is 13.1. The van der Waals surface area contributed by atoms with Gasteiger partial charge in [0.1, 0.15) is 5.56 Å². The molecule has 5 nitrogen and oxygen atoms in total. The zero-order chi connectivity index (χ0) is 16.5. The average Bonchev–Trinajstić information content (AvgIpc) is 3.04. The number of alkyl halides is 3. The molecule has 0 aromatic heterocycles. The number of hydrogen-bond donors (Lipinski definition) is 0. The highest BCUT2D eigenvalue weighted by Gasteiger charge is 2.60. The highest BCUT2D eigenvalue weighted by atomic mass is 19.4. The zero-order valence-electron chi connectivity index (χ0n) is 11.9. The molecule has 8 heteroatoms. The van der Waals surface area contributed by atoms with Gasteiger partial charge in [0.15, 0.2) is 0 Å². The predicted octanol–water partition coefficient (Wildman–Crippen LogP) is 3.23. The standard InChI is InChI=1S/C15H13F3N2O3/c16-15(17,18)11-5-9(1-2-12(11)20(22)23)19-6-10-7-3-8(4-7)13(10)14(19)21/h1-2,5,7-8,10,13H,3-4,6H2/t7?,8?,10-,13+/m1/s1. The van der Waals surface area contributed by atoms with Gasteiger partial charge >= 0.3 is 6.18 Å². The van der Waals surface area contributed by atoms with Crippen LogP contribution < -0.4 is 4.90 Å². The number of carbonyl (C=O) groups excluding carboxylic acids is 1. The van der Waals surface area contributed by atoms with E-state index in [0.717, 1.165) is 25.0 Å². The molecule has 122 valence electrons. The molecule has 1 heterocycles. The third-order valence-corrected chi connectivity index (χ3v) is 5.52. The van der Waals surface area contributed by atoms with Gasteiger partial charge in [0.2, 0.25) is 5.91 Å². The van der Waals surface area contributed by atoms with Crippen molar-refractivity contribution in [1.82, 2.24) is 0 Å². The fraction of sp³-hybridized carbons (Fsp3) is 0.533. The fourth-order valence-corrected chi connectivity index (χ4v) is 4.43. The third kappa shape index (κ3) is 1.96. The summed E-state index contributed by atoms with van der Waals surface area (Å²) in [7, 11) is 0. The molecule has 0 radical (unpaired) electrons. The second kappa shape index (κ2) is 4.46. The Kier molecular flexibility index (Phi) is 2.80. The molecule has 0 spiro atoms. The van der Waals surface area contributed by atoms with E-state index in [1.54, 1.807) is 0 Å². The number of nitrogens with zero attached hydrogens (tertiary/aromatic N) is 2. The van der Waals surface area contributed by atoms with E-state index in [9.17, 15) is 28.1 Å². The van der Waals surface area contributed by atoms with E-state index >= 15 is 0 Å². The number of anilines is 1. The second-order valence-corrected chi connectivity index (χ2v) is 6.59. The number of benzene rings is 1. The van der Waals surface area contributed by atoms with E-state index in [1.165, 1.54) is 11.0 Å². The van der Waals surface area contributed by atoms with Gasteiger partial charge in [-0.15, -0.1) is 0 Å². The molecule has 3 saturated carbocycles. The van der Waals surface area contributed by atoms with Crippen LogP contribution in [0.15, 0.2) is 18.2 Å². The molecule has 4 aliphatic rings. The number of nitro groups is 1. The molecular weight excluding hydrogens is 313 g/mol. The van der Waals surface area contributed by atoms with Crippen LogP contribution in [0.25, 0.3) is 0 Å². The maximum Gasteiger partial charge on any atom is 0.423 e. The Bertz CT molecular complexity index is 712. The maximum absolute atomic E-state index is 13.1. The molecule has 0 unspecified atom stereocenters. The predicted molar refractivity (Wildman–Crippen MR) is 73.6 cm³/mol. The van der Waals surface area contributed by atoms with Gasteiger partial charge in [-0.1, -0.05) is 0 Å². The van der Waals surface area contributed by atoms with Crippen LogP contribution in [0, 0.1) is 33.8 Å². The minimum Gasteiger partial charge on any atom is -0.312 e. The topological polar surface area (TPSA) is 63.5 Å². The number of nitro benzene ring substituents is 1. The van der Waals surface area contributed by atoms with Gasteiger partial charge in [0.05, 0.1) is 4.92 Å². The third-order valence-electron chi connectivity index (χ3n) is 5.52. The Morgan fingerprint density at radius 2 is 1.91 bits per heavy atom. The Balaban J connectivity index is 1.71. The number of amides is 1. The first kappa shape index (κ1) is 14.5. The second-order valence-electron chi connectivity index (χ2n) is 6.59.